The molecule has 2 heterocycles. The molecule has 0 saturated carbocycles. The summed E-state index contributed by atoms with van der Waals surface area (Å²) in [6.45, 7) is 0.0626. The molecule has 0 bridgehead atoms. The molecule has 0 aromatic heterocycles. The Morgan fingerprint density at radius 2 is 1.76 bits per heavy atom. The summed E-state index contributed by atoms with van der Waals surface area (Å²) in [5.74, 6) is -0.491. The van der Waals surface area contributed by atoms with Crippen LogP contribution in [-0.2, 0) is 0 Å². The van der Waals surface area contributed by atoms with E-state index in [1.165, 1.54) is 18.2 Å². The zero-order valence-corrected chi connectivity index (χ0v) is 18.0. The van der Waals surface area contributed by atoms with Crippen LogP contribution in [0.25, 0.3) is 0 Å². The number of aliphatic hydroxyl groups excluding tert-OH is 1. The summed E-state index contributed by atoms with van der Waals surface area (Å²) in [5, 5.41) is 10.1. The number of anilines is 1. The van der Waals surface area contributed by atoms with Gasteiger partial charge in [-0.3, -0.25) is 9.59 Å². The van der Waals surface area contributed by atoms with Gasteiger partial charge in [0.15, 0.2) is 0 Å². The number of carbonyl (C=O) groups excluding carboxylic acids is 2. The SMILES string of the molecule is COc1ccc(C(=O)N2C[C@H]3[C@@H](c4ccccc42)[C@@H](CO)N3C(=O)c2cccc(F)c2)cc1. The van der Waals surface area contributed by atoms with Gasteiger partial charge in [0, 0.05) is 29.3 Å². The second-order valence-electron chi connectivity index (χ2n) is 8.27. The zero-order chi connectivity index (χ0) is 23.1. The van der Waals surface area contributed by atoms with Crippen molar-refractivity contribution in [1.82, 2.24) is 4.90 Å². The van der Waals surface area contributed by atoms with Gasteiger partial charge in [0.25, 0.3) is 11.8 Å². The molecule has 33 heavy (non-hydrogen) atoms. The van der Waals surface area contributed by atoms with Crippen LogP contribution in [0.3, 0.4) is 0 Å². The fraction of sp³-hybridized carbons (Fsp3) is 0.231. The third-order valence-corrected chi connectivity index (χ3v) is 6.58. The highest BCUT2D eigenvalue weighted by molar-refractivity contribution is 6.07. The number of aliphatic hydroxyl groups is 1. The van der Waals surface area contributed by atoms with E-state index in [1.54, 1.807) is 47.2 Å². The van der Waals surface area contributed by atoms with Gasteiger partial charge >= 0.3 is 0 Å². The summed E-state index contributed by atoms with van der Waals surface area (Å²) in [6, 6.07) is 19.2. The Hall–Kier alpha value is -3.71. The normalized spacial score (nSPS) is 21.0. The molecule has 0 aliphatic carbocycles. The molecular formula is C26H23FN2O4. The average Bonchev–Trinajstić information content (AvgIpc) is 2.84. The maximum atomic E-state index is 13.7. The van der Waals surface area contributed by atoms with E-state index in [1.807, 2.05) is 24.3 Å². The average molecular weight is 446 g/mol. The lowest BCUT2D eigenvalue weighted by molar-refractivity contribution is -0.0246. The Bertz CT molecular complexity index is 1210. The minimum Gasteiger partial charge on any atom is -0.497 e. The van der Waals surface area contributed by atoms with Crippen molar-refractivity contribution in [3.05, 3.63) is 95.3 Å². The van der Waals surface area contributed by atoms with Gasteiger partial charge < -0.3 is 19.6 Å². The maximum absolute atomic E-state index is 13.7. The van der Waals surface area contributed by atoms with E-state index in [4.69, 9.17) is 4.74 Å². The number of ether oxygens (including phenoxy) is 1. The molecule has 6 nitrogen and oxygen atoms in total. The van der Waals surface area contributed by atoms with Gasteiger partial charge in [-0.1, -0.05) is 24.3 Å². The van der Waals surface area contributed by atoms with Crippen LogP contribution in [0.5, 0.6) is 5.75 Å². The third-order valence-electron chi connectivity index (χ3n) is 6.58. The van der Waals surface area contributed by atoms with Crippen LogP contribution in [0.1, 0.15) is 32.2 Å². The molecule has 168 valence electrons. The smallest absolute Gasteiger partial charge is 0.258 e. The van der Waals surface area contributed by atoms with Crippen LogP contribution in [0.4, 0.5) is 10.1 Å². The zero-order valence-electron chi connectivity index (χ0n) is 18.0. The largest absolute Gasteiger partial charge is 0.497 e. The predicted molar refractivity (Wildman–Crippen MR) is 121 cm³/mol. The Labute approximate surface area is 190 Å². The van der Waals surface area contributed by atoms with Crippen LogP contribution >= 0.6 is 0 Å². The minimum absolute atomic E-state index is 0.108. The molecular weight excluding hydrogens is 423 g/mol. The number of hydrogen-bond donors (Lipinski definition) is 1. The Kier molecular flexibility index (Phi) is 5.34. The first-order valence-corrected chi connectivity index (χ1v) is 10.8. The van der Waals surface area contributed by atoms with E-state index < -0.39 is 11.9 Å². The summed E-state index contributed by atoms with van der Waals surface area (Å²) >= 11 is 0. The molecule has 3 atom stereocenters. The lowest BCUT2D eigenvalue weighted by atomic mass is 9.71. The number of carbonyl (C=O) groups is 2. The van der Waals surface area contributed by atoms with Gasteiger partial charge in [0.1, 0.15) is 11.6 Å². The van der Waals surface area contributed by atoms with Crippen LogP contribution in [0.15, 0.2) is 72.8 Å². The van der Waals surface area contributed by atoms with Crippen molar-refractivity contribution >= 4 is 17.5 Å². The van der Waals surface area contributed by atoms with Gasteiger partial charge in [0.05, 0.1) is 25.8 Å². The number of hydrogen-bond acceptors (Lipinski definition) is 4. The molecule has 7 heteroatoms. The summed E-state index contributed by atoms with van der Waals surface area (Å²) < 4.78 is 18.9. The van der Waals surface area contributed by atoms with Gasteiger partial charge in [0.2, 0.25) is 0 Å². The Morgan fingerprint density at radius 3 is 2.45 bits per heavy atom. The second kappa shape index (κ2) is 8.33. The number of benzene rings is 3. The highest BCUT2D eigenvalue weighted by Gasteiger charge is 2.55. The van der Waals surface area contributed by atoms with E-state index in [2.05, 4.69) is 0 Å². The van der Waals surface area contributed by atoms with Crippen LogP contribution < -0.4 is 9.64 Å². The number of halogens is 1. The molecule has 1 saturated heterocycles. The highest BCUT2D eigenvalue weighted by atomic mass is 19.1. The molecule has 3 aromatic rings. The van der Waals surface area contributed by atoms with E-state index in [0.717, 1.165) is 11.3 Å². The van der Waals surface area contributed by atoms with Crippen molar-refractivity contribution in [2.45, 2.75) is 18.0 Å². The predicted octanol–water partition coefficient (Wildman–Crippen LogP) is 3.46. The molecule has 0 unspecified atom stereocenters. The van der Waals surface area contributed by atoms with Gasteiger partial charge in [-0.05, 0) is 54.1 Å². The number of fused-ring (bicyclic) bond motifs is 3. The highest BCUT2D eigenvalue weighted by Crippen LogP contribution is 2.48. The first kappa shape index (κ1) is 21.2. The number of methoxy groups -OCH3 is 1. The molecule has 1 fully saturated rings. The van der Waals surface area contributed by atoms with Gasteiger partial charge in [-0.15, -0.1) is 0 Å². The summed E-state index contributed by atoms with van der Waals surface area (Å²) in [6.07, 6.45) is 0. The maximum Gasteiger partial charge on any atom is 0.258 e. The Morgan fingerprint density at radius 1 is 1.00 bits per heavy atom. The fourth-order valence-corrected chi connectivity index (χ4v) is 5.02. The summed E-state index contributed by atoms with van der Waals surface area (Å²) in [5.41, 5.74) is 2.41. The molecule has 1 N–H and O–H groups in total. The number of rotatable bonds is 4. The number of amides is 2. The number of nitrogens with zero attached hydrogens (tertiary/aromatic N) is 2. The molecule has 2 aliphatic heterocycles. The van der Waals surface area contributed by atoms with E-state index in [9.17, 15) is 19.1 Å². The lowest BCUT2D eigenvalue weighted by Gasteiger charge is -2.58. The van der Waals surface area contributed by atoms with Crippen LogP contribution in [0, 0.1) is 5.82 Å². The lowest BCUT2D eigenvalue weighted by Crippen LogP contribution is -2.70. The first-order chi connectivity index (χ1) is 16.0. The van der Waals surface area contributed by atoms with Crippen LogP contribution in [-0.4, -0.2) is 54.2 Å². The summed E-state index contributed by atoms with van der Waals surface area (Å²) in [7, 11) is 1.57. The monoisotopic (exact) mass is 446 g/mol. The summed E-state index contributed by atoms with van der Waals surface area (Å²) in [4.78, 5) is 30.0. The van der Waals surface area contributed by atoms with Crippen LogP contribution in [0.2, 0.25) is 0 Å². The Balaban J connectivity index is 1.51. The minimum atomic E-state index is -0.497. The second-order valence-corrected chi connectivity index (χ2v) is 8.27. The molecule has 3 aromatic carbocycles. The van der Waals surface area contributed by atoms with Crippen molar-refractivity contribution in [1.29, 1.82) is 0 Å². The van der Waals surface area contributed by atoms with Crippen molar-refractivity contribution in [3.8, 4) is 5.75 Å². The van der Waals surface area contributed by atoms with E-state index >= 15 is 0 Å². The van der Waals surface area contributed by atoms with Crippen molar-refractivity contribution in [3.63, 3.8) is 0 Å². The molecule has 2 aliphatic rings. The first-order valence-electron chi connectivity index (χ1n) is 10.8. The quantitative estimate of drug-likeness (QED) is 0.667. The molecule has 0 radical (unpaired) electrons. The molecule has 2 amide bonds. The number of likely N-dealkylation sites (tertiary alicyclic amines) is 1. The van der Waals surface area contributed by atoms with Gasteiger partial charge in [-0.25, -0.2) is 4.39 Å². The van der Waals surface area contributed by atoms with Crippen molar-refractivity contribution < 1.29 is 23.8 Å². The fourth-order valence-electron chi connectivity index (χ4n) is 5.02. The molecule has 5 rings (SSSR count). The molecule has 0 spiro atoms. The van der Waals surface area contributed by atoms with E-state index in [-0.39, 0.29) is 42.5 Å². The van der Waals surface area contributed by atoms with E-state index in [0.29, 0.717) is 11.3 Å². The third kappa shape index (κ3) is 3.45. The van der Waals surface area contributed by atoms with Gasteiger partial charge in [-0.2, -0.15) is 0 Å². The number of para-hydroxylation sites is 1. The topological polar surface area (TPSA) is 70.1 Å². The standard InChI is InChI=1S/C26H23FN2O4/c1-33-19-11-9-16(10-12-19)25(31)28-14-22-24(20-7-2-3-8-21(20)28)23(15-30)29(22)26(32)17-5-4-6-18(27)13-17/h2-13,22-24,30H,14-15H2,1H3/t22-,23+,24+/m0/s1. The van der Waals surface area contributed by atoms with Crippen molar-refractivity contribution in [2.75, 3.05) is 25.2 Å². The van der Waals surface area contributed by atoms with Crippen molar-refractivity contribution in [2.24, 2.45) is 0 Å².